The lowest BCUT2D eigenvalue weighted by atomic mass is 10.2. The lowest BCUT2D eigenvalue weighted by molar-refractivity contribution is 0.0746. The normalized spacial score (nSPS) is 10.6. The largest absolute Gasteiger partial charge is 0.370 e. The first kappa shape index (κ1) is 16.9. The fraction of sp³-hybridized carbons (Fsp3) is 0.389. The van der Waals surface area contributed by atoms with Crippen LogP contribution in [0.1, 0.15) is 36.8 Å². The van der Waals surface area contributed by atoms with Crippen molar-refractivity contribution in [3.63, 3.8) is 0 Å². The fourth-order valence-corrected chi connectivity index (χ4v) is 2.17. The van der Waals surface area contributed by atoms with E-state index in [-0.39, 0.29) is 5.91 Å². The van der Waals surface area contributed by atoms with E-state index in [1.807, 2.05) is 37.3 Å². The maximum atomic E-state index is 12.7. The molecule has 1 aromatic carbocycles. The first-order chi connectivity index (χ1) is 11.1. The fourth-order valence-electron chi connectivity index (χ4n) is 2.17. The zero-order valence-electron chi connectivity index (χ0n) is 14.0. The molecule has 0 saturated carbocycles. The van der Waals surface area contributed by atoms with Gasteiger partial charge in [-0.05, 0) is 18.4 Å². The summed E-state index contributed by atoms with van der Waals surface area (Å²) < 4.78 is 0. The van der Waals surface area contributed by atoms with Crippen LogP contribution in [0.3, 0.4) is 0 Å². The highest BCUT2D eigenvalue weighted by Gasteiger charge is 2.16. The van der Waals surface area contributed by atoms with Crippen molar-refractivity contribution in [2.75, 3.05) is 18.4 Å². The van der Waals surface area contributed by atoms with Crippen LogP contribution < -0.4 is 5.32 Å². The lowest BCUT2D eigenvalue weighted by Crippen LogP contribution is -2.31. The van der Waals surface area contributed by atoms with Crippen molar-refractivity contribution < 1.29 is 4.79 Å². The van der Waals surface area contributed by atoms with Crippen molar-refractivity contribution in [3.8, 4) is 0 Å². The van der Waals surface area contributed by atoms with E-state index in [0.29, 0.717) is 30.5 Å². The summed E-state index contributed by atoms with van der Waals surface area (Å²) >= 11 is 0. The van der Waals surface area contributed by atoms with Gasteiger partial charge in [0.25, 0.3) is 5.91 Å². The van der Waals surface area contributed by atoms with E-state index in [1.54, 1.807) is 11.0 Å². The number of carbonyl (C=O) groups excluding carboxylic acids is 1. The van der Waals surface area contributed by atoms with Gasteiger partial charge in [0.2, 0.25) is 0 Å². The summed E-state index contributed by atoms with van der Waals surface area (Å²) in [6, 6.07) is 11.7. The Hall–Kier alpha value is -2.43. The molecule has 5 nitrogen and oxygen atoms in total. The minimum atomic E-state index is -0.0775. The molecule has 0 aliphatic rings. The summed E-state index contributed by atoms with van der Waals surface area (Å²) in [4.78, 5) is 22.8. The first-order valence-corrected chi connectivity index (χ1v) is 7.99. The number of hydrogen-bond acceptors (Lipinski definition) is 4. The predicted molar refractivity (Wildman–Crippen MR) is 92.2 cm³/mol. The molecule has 23 heavy (non-hydrogen) atoms. The van der Waals surface area contributed by atoms with Crippen LogP contribution in [0, 0.1) is 5.92 Å². The molecule has 0 unspecified atom stereocenters. The zero-order chi connectivity index (χ0) is 16.7. The van der Waals surface area contributed by atoms with Crippen LogP contribution in [0.15, 0.2) is 42.7 Å². The molecule has 1 aromatic heterocycles. The van der Waals surface area contributed by atoms with E-state index in [9.17, 15) is 4.79 Å². The van der Waals surface area contributed by atoms with Gasteiger partial charge in [0.1, 0.15) is 17.8 Å². The Morgan fingerprint density at radius 1 is 1.22 bits per heavy atom. The van der Waals surface area contributed by atoms with E-state index in [4.69, 9.17) is 0 Å². The van der Waals surface area contributed by atoms with Crippen molar-refractivity contribution in [1.82, 2.24) is 14.9 Å². The van der Waals surface area contributed by atoms with Crippen molar-refractivity contribution >= 4 is 11.7 Å². The highest BCUT2D eigenvalue weighted by atomic mass is 16.2. The Morgan fingerprint density at radius 2 is 1.96 bits per heavy atom. The minimum Gasteiger partial charge on any atom is -0.370 e. The van der Waals surface area contributed by atoms with Crippen LogP contribution >= 0.6 is 0 Å². The molecule has 0 radical (unpaired) electrons. The summed E-state index contributed by atoms with van der Waals surface area (Å²) in [5.74, 6) is 1.12. The molecule has 0 saturated heterocycles. The number of rotatable bonds is 7. The van der Waals surface area contributed by atoms with Crippen molar-refractivity contribution in [2.24, 2.45) is 5.92 Å². The Labute approximate surface area is 137 Å². The smallest absolute Gasteiger partial charge is 0.272 e. The number of nitrogens with one attached hydrogen (secondary N) is 1. The van der Waals surface area contributed by atoms with E-state index >= 15 is 0 Å². The third-order valence-electron chi connectivity index (χ3n) is 3.46. The average molecular weight is 312 g/mol. The number of anilines is 1. The van der Waals surface area contributed by atoms with Crippen LogP contribution in [0.4, 0.5) is 5.82 Å². The van der Waals surface area contributed by atoms with Crippen LogP contribution in [0.5, 0.6) is 0 Å². The number of hydrogen-bond donors (Lipinski definition) is 1. The van der Waals surface area contributed by atoms with E-state index < -0.39 is 0 Å². The molecule has 0 atom stereocenters. The van der Waals surface area contributed by atoms with Crippen LogP contribution in [0.25, 0.3) is 0 Å². The summed E-state index contributed by atoms with van der Waals surface area (Å²) in [5.41, 5.74) is 1.53. The maximum Gasteiger partial charge on any atom is 0.272 e. The summed E-state index contributed by atoms with van der Waals surface area (Å²) in [5, 5.41) is 3.22. The Bertz CT molecular complexity index is 628. The second-order valence-corrected chi connectivity index (χ2v) is 5.87. The van der Waals surface area contributed by atoms with Crippen molar-refractivity contribution in [3.05, 3.63) is 54.0 Å². The highest BCUT2D eigenvalue weighted by Crippen LogP contribution is 2.11. The number of aromatic nitrogens is 2. The molecule has 0 bridgehead atoms. The molecule has 0 spiro atoms. The molecule has 122 valence electrons. The SMILES string of the molecule is CCN(Cc1ccccc1)C(=O)c1cc(NCC(C)C)ncn1. The summed E-state index contributed by atoms with van der Waals surface area (Å²) in [7, 11) is 0. The van der Waals surface area contributed by atoms with Crippen LogP contribution in [-0.2, 0) is 6.54 Å². The number of benzene rings is 1. The third-order valence-corrected chi connectivity index (χ3v) is 3.46. The monoisotopic (exact) mass is 312 g/mol. The summed E-state index contributed by atoms with van der Waals surface area (Å²) in [6.07, 6.45) is 1.44. The van der Waals surface area contributed by atoms with E-state index in [1.165, 1.54) is 6.33 Å². The van der Waals surface area contributed by atoms with Crippen LogP contribution in [-0.4, -0.2) is 33.9 Å². The standard InChI is InChI=1S/C18H24N4O/c1-4-22(12-15-8-6-5-7-9-15)18(23)16-10-17(21-13-20-16)19-11-14(2)3/h5-10,13-14H,4,11-12H2,1-3H3,(H,19,20,21). The lowest BCUT2D eigenvalue weighted by Gasteiger charge is -2.20. The van der Waals surface area contributed by atoms with Gasteiger partial charge in [0.05, 0.1) is 0 Å². The second kappa shape index (κ2) is 8.27. The van der Waals surface area contributed by atoms with Gasteiger partial charge in [-0.1, -0.05) is 44.2 Å². The van der Waals surface area contributed by atoms with Crippen LogP contribution in [0.2, 0.25) is 0 Å². The Morgan fingerprint density at radius 3 is 2.61 bits per heavy atom. The quantitative estimate of drug-likeness (QED) is 0.853. The van der Waals surface area contributed by atoms with Crippen molar-refractivity contribution in [1.29, 1.82) is 0 Å². The van der Waals surface area contributed by atoms with E-state index in [0.717, 1.165) is 12.1 Å². The van der Waals surface area contributed by atoms with Gasteiger partial charge < -0.3 is 10.2 Å². The molecular formula is C18H24N4O. The molecule has 1 amide bonds. The van der Waals surface area contributed by atoms with Gasteiger partial charge in [0, 0.05) is 25.7 Å². The molecule has 0 aliphatic heterocycles. The van der Waals surface area contributed by atoms with E-state index in [2.05, 4.69) is 29.1 Å². The first-order valence-electron chi connectivity index (χ1n) is 7.99. The highest BCUT2D eigenvalue weighted by molar-refractivity contribution is 5.92. The van der Waals surface area contributed by atoms with Gasteiger partial charge in [-0.3, -0.25) is 4.79 Å². The Kier molecular flexibility index (Phi) is 6.09. The average Bonchev–Trinajstić information content (AvgIpc) is 2.58. The van der Waals surface area contributed by atoms with Gasteiger partial charge in [0.15, 0.2) is 0 Å². The molecule has 1 N–H and O–H groups in total. The van der Waals surface area contributed by atoms with Gasteiger partial charge in [-0.15, -0.1) is 0 Å². The maximum absolute atomic E-state index is 12.7. The minimum absolute atomic E-state index is 0.0775. The third kappa shape index (κ3) is 5.06. The van der Waals surface area contributed by atoms with Gasteiger partial charge in [-0.25, -0.2) is 9.97 Å². The van der Waals surface area contributed by atoms with Gasteiger partial charge in [-0.2, -0.15) is 0 Å². The molecular weight excluding hydrogens is 288 g/mol. The topological polar surface area (TPSA) is 58.1 Å². The molecule has 2 aromatic rings. The number of carbonyl (C=O) groups is 1. The molecule has 0 aliphatic carbocycles. The second-order valence-electron chi connectivity index (χ2n) is 5.87. The van der Waals surface area contributed by atoms with Crippen molar-refractivity contribution in [2.45, 2.75) is 27.3 Å². The number of amides is 1. The Balaban J connectivity index is 2.09. The molecule has 5 heteroatoms. The number of nitrogens with zero attached hydrogens (tertiary/aromatic N) is 3. The molecule has 1 heterocycles. The zero-order valence-corrected chi connectivity index (χ0v) is 14.0. The molecule has 2 rings (SSSR count). The molecule has 0 fully saturated rings. The predicted octanol–water partition coefficient (Wildman–Crippen LogP) is 3.21. The summed E-state index contributed by atoms with van der Waals surface area (Å²) in [6.45, 7) is 8.24. The van der Waals surface area contributed by atoms with Gasteiger partial charge >= 0.3 is 0 Å².